The fraction of sp³-hybridized carbons (Fsp3) is 0.273. The van der Waals surface area contributed by atoms with Crippen LogP contribution in [0.25, 0.3) is 5.76 Å². The van der Waals surface area contributed by atoms with Crippen LogP contribution in [-0.4, -0.2) is 42.0 Å². The van der Waals surface area contributed by atoms with Crippen LogP contribution >= 0.6 is 11.6 Å². The second-order valence-corrected chi connectivity index (χ2v) is 7.19. The van der Waals surface area contributed by atoms with Crippen LogP contribution in [0, 0.1) is 6.92 Å². The van der Waals surface area contributed by atoms with Crippen LogP contribution in [0.2, 0.25) is 5.02 Å². The largest absolute Gasteiger partial charge is 0.507 e. The van der Waals surface area contributed by atoms with E-state index in [1.54, 1.807) is 43.5 Å². The quantitative estimate of drug-likeness (QED) is 0.343. The summed E-state index contributed by atoms with van der Waals surface area (Å²) in [6.07, 6.45) is 0.582. The van der Waals surface area contributed by atoms with E-state index in [4.69, 9.17) is 16.3 Å². The predicted octanol–water partition coefficient (Wildman–Crippen LogP) is 4.11. The van der Waals surface area contributed by atoms with Gasteiger partial charge in [-0.2, -0.15) is 0 Å². The number of amides is 1. The van der Waals surface area contributed by atoms with E-state index in [9.17, 15) is 14.7 Å². The molecule has 2 aromatic rings. The van der Waals surface area contributed by atoms with Crippen LogP contribution in [0.3, 0.4) is 0 Å². The summed E-state index contributed by atoms with van der Waals surface area (Å²) in [4.78, 5) is 27.0. The summed E-state index contributed by atoms with van der Waals surface area (Å²) < 4.78 is 5.07. The average molecular weight is 400 g/mol. The zero-order chi connectivity index (χ0) is 20.3. The number of nitrogens with zero attached hydrogens (tertiary/aromatic N) is 1. The number of Topliss-reactive ketones (excluding diaryl/α,β-unsaturated/α-hetero) is 1. The zero-order valence-corrected chi connectivity index (χ0v) is 16.6. The Bertz CT molecular complexity index is 903. The molecule has 0 aromatic heterocycles. The molecule has 146 valence electrons. The molecule has 1 saturated heterocycles. The van der Waals surface area contributed by atoms with Gasteiger partial charge in [-0.25, -0.2) is 0 Å². The third kappa shape index (κ3) is 3.96. The van der Waals surface area contributed by atoms with Gasteiger partial charge in [-0.3, -0.25) is 9.59 Å². The van der Waals surface area contributed by atoms with Gasteiger partial charge in [0.25, 0.3) is 11.7 Å². The van der Waals surface area contributed by atoms with Gasteiger partial charge in [-0.1, -0.05) is 53.6 Å². The summed E-state index contributed by atoms with van der Waals surface area (Å²) in [5, 5.41) is 11.5. The highest BCUT2D eigenvalue weighted by Crippen LogP contribution is 2.39. The first-order valence-corrected chi connectivity index (χ1v) is 9.41. The summed E-state index contributed by atoms with van der Waals surface area (Å²) in [5.74, 6) is -1.48. The van der Waals surface area contributed by atoms with E-state index >= 15 is 0 Å². The van der Waals surface area contributed by atoms with Crippen molar-refractivity contribution in [3.63, 3.8) is 0 Å². The van der Waals surface area contributed by atoms with E-state index < -0.39 is 17.7 Å². The van der Waals surface area contributed by atoms with Crippen molar-refractivity contribution in [1.29, 1.82) is 0 Å². The van der Waals surface area contributed by atoms with Gasteiger partial charge in [0.2, 0.25) is 0 Å². The molecule has 0 spiro atoms. The maximum Gasteiger partial charge on any atom is 0.295 e. The molecule has 28 heavy (non-hydrogen) atoms. The topological polar surface area (TPSA) is 66.8 Å². The van der Waals surface area contributed by atoms with Gasteiger partial charge in [-0.15, -0.1) is 0 Å². The molecule has 1 aliphatic rings. The monoisotopic (exact) mass is 399 g/mol. The Morgan fingerprint density at radius 3 is 2.36 bits per heavy atom. The van der Waals surface area contributed by atoms with Crippen LogP contribution in [0.15, 0.2) is 54.1 Å². The highest BCUT2D eigenvalue weighted by Gasteiger charge is 2.45. The standard InChI is InChI=1S/C22H22ClNO4/c1-14-4-6-16(7-5-14)20(25)18-19(15-8-10-17(23)11-9-15)24(12-3-13-28-2)22(27)21(18)26/h4-11,19,25H,3,12-13H2,1-2H3/b20-18+/t19-/m1/s1. The van der Waals surface area contributed by atoms with Crippen molar-refractivity contribution < 1.29 is 19.4 Å². The van der Waals surface area contributed by atoms with Gasteiger partial charge >= 0.3 is 0 Å². The molecule has 6 heteroatoms. The number of likely N-dealkylation sites (tertiary alicyclic amines) is 1. The Morgan fingerprint density at radius 2 is 1.75 bits per heavy atom. The van der Waals surface area contributed by atoms with Crippen molar-refractivity contribution in [3.05, 3.63) is 75.8 Å². The maximum absolute atomic E-state index is 12.8. The number of aliphatic hydroxyl groups is 1. The number of hydrogen-bond acceptors (Lipinski definition) is 4. The molecule has 1 fully saturated rings. The Balaban J connectivity index is 2.10. The number of carbonyl (C=O) groups excluding carboxylic acids is 2. The lowest BCUT2D eigenvalue weighted by Gasteiger charge is -2.25. The molecule has 0 saturated carbocycles. The molecular weight excluding hydrogens is 378 g/mol. The van der Waals surface area contributed by atoms with Crippen molar-refractivity contribution in [3.8, 4) is 0 Å². The number of halogens is 1. The molecule has 1 atom stereocenters. The van der Waals surface area contributed by atoms with E-state index in [-0.39, 0.29) is 11.3 Å². The first-order chi connectivity index (χ1) is 13.4. The van der Waals surface area contributed by atoms with Gasteiger partial charge in [-0.05, 0) is 31.0 Å². The molecular formula is C22H22ClNO4. The summed E-state index contributed by atoms with van der Waals surface area (Å²) >= 11 is 6.00. The minimum atomic E-state index is -0.685. The molecule has 3 rings (SSSR count). The van der Waals surface area contributed by atoms with Gasteiger partial charge in [0.15, 0.2) is 0 Å². The Kier molecular flexibility index (Phi) is 6.17. The van der Waals surface area contributed by atoms with Crippen molar-refractivity contribution in [2.24, 2.45) is 0 Å². The molecule has 2 aromatic carbocycles. The SMILES string of the molecule is COCCCN1C(=O)C(=O)/C(=C(/O)c2ccc(C)cc2)[C@H]1c1ccc(Cl)cc1. The van der Waals surface area contributed by atoms with Crippen LogP contribution in [0.5, 0.6) is 0 Å². The van der Waals surface area contributed by atoms with Crippen molar-refractivity contribution in [1.82, 2.24) is 4.90 Å². The highest BCUT2D eigenvalue weighted by atomic mass is 35.5. The Morgan fingerprint density at radius 1 is 1.11 bits per heavy atom. The molecule has 0 aliphatic carbocycles. The number of benzene rings is 2. The zero-order valence-electron chi connectivity index (χ0n) is 15.8. The predicted molar refractivity (Wildman–Crippen MR) is 108 cm³/mol. The number of ketones is 1. The lowest BCUT2D eigenvalue weighted by molar-refractivity contribution is -0.140. The molecule has 1 amide bonds. The summed E-state index contributed by atoms with van der Waals surface area (Å²) in [6, 6.07) is 13.5. The maximum atomic E-state index is 12.8. The van der Waals surface area contributed by atoms with Gasteiger partial charge in [0, 0.05) is 30.8 Å². The number of aryl methyl sites for hydroxylation is 1. The van der Waals surface area contributed by atoms with E-state index in [2.05, 4.69) is 0 Å². The van der Waals surface area contributed by atoms with Crippen molar-refractivity contribution in [2.45, 2.75) is 19.4 Å². The number of rotatable bonds is 6. The summed E-state index contributed by atoms with van der Waals surface area (Å²) in [7, 11) is 1.59. The summed E-state index contributed by atoms with van der Waals surface area (Å²) in [6.45, 7) is 2.75. The minimum absolute atomic E-state index is 0.0913. The third-order valence-electron chi connectivity index (χ3n) is 4.80. The van der Waals surface area contributed by atoms with E-state index in [0.29, 0.717) is 30.2 Å². The molecule has 0 radical (unpaired) electrons. The fourth-order valence-electron chi connectivity index (χ4n) is 3.35. The number of carbonyl (C=O) groups is 2. The van der Waals surface area contributed by atoms with Crippen LogP contribution in [0.4, 0.5) is 0 Å². The fourth-order valence-corrected chi connectivity index (χ4v) is 3.47. The average Bonchev–Trinajstić information content (AvgIpc) is 2.94. The molecule has 1 heterocycles. The molecule has 5 nitrogen and oxygen atoms in total. The van der Waals surface area contributed by atoms with Crippen molar-refractivity contribution >= 4 is 29.1 Å². The summed E-state index contributed by atoms with van der Waals surface area (Å²) in [5.41, 5.74) is 2.34. The second kappa shape index (κ2) is 8.59. The number of hydrogen-bond donors (Lipinski definition) is 1. The van der Waals surface area contributed by atoms with E-state index in [1.165, 1.54) is 4.90 Å². The smallest absolute Gasteiger partial charge is 0.295 e. The first-order valence-electron chi connectivity index (χ1n) is 9.04. The van der Waals surface area contributed by atoms with E-state index in [0.717, 1.165) is 11.1 Å². The molecule has 1 N–H and O–H groups in total. The normalized spacial score (nSPS) is 18.7. The lowest BCUT2D eigenvalue weighted by Crippen LogP contribution is -2.31. The minimum Gasteiger partial charge on any atom is -0.507 e. The first kappa shape index (κ1) is 20.1. The van der Waals surface area contributed by atoms with Gasteiger partial charge < -0.3 is 14.7 Å². The van der Waals surface area contributed by atoms with Crippen molar-refractivity contribution in [2.75, 3.05) is 20.3 Å². The molecule has 1 aliphatic heterocycles. The number of ether oxygens (including phenoxy) is 1. The van der Waals surface area contributed by atoms with E-state index in [1.807, 2.05) is 19.1 Å². The molecule has 0 bridgehead atoms. The van der Waals surface area contributed by atoms with Gasteiger partial charge in [0.05, 0.1) is 11.6 Å². The third-order valence-corrected chi connectivity index (χ3v) is 5.05. The Hall–Kier alpha value is -2.63. The Labute approximate surface area is 169 Å². The highest BCUT2D eigenvalue weighted by molar-refractivity contribution is 6.46. The van der Waals surface area contributed by atoms with Crippen LogP contribution in [-0.2, 0) is 14.3 Å². The van der Waals surface area contributed by atoms with Crippen LogP contribution < -0.4 is 0 Å². The lowest BCUT2D eigenvalue weighted by atomic mass is 9.95. The number of methoxy groups -OCH3 is 1. The van der Waals surface area contributed by atoms with Crippen LogP contribution in [0.1, 0.15) is 29.2 Å². The van der Waals surface area contributed by atoms with Gasteiger partial charge in [0.1, 0.15) is 5.76 Å². The number of aliphatic hydroxyl groups excluding tert-OH is 1. The second-order valence-electron chi connectivity index (χ2n) is 6.76. The molecule has 0 unspecified atom stereocenters.